The monoisotopic (exact) mass is 255 g/mol. The maximum atomic E-state index is 11.8. The Hall–Kier alpha value is -0.940. The fourth-order valence-corrected chi connectivity index (χ4v) is 3.05. The second-order valence-electron chi connectivity index (χ2n) is 4.56. The molecule has 2 heterocycles. The summed E-state index contributed by atoms with van der Waals surface area (Å²) in [4.78, 5) is 11.8. The van der Waals surface area contributed by atoms with Crippen LogP contribution >= 0.6 is 11.8 Å². The zero-order chi connectivity index (χ0) is 12.5. The highest BCUT2D eigenvalue weighted by Crippen LogP contribution is 2.27. The zero-order valence-corrected chi connectivity index (χ0v) is 10.9. The molecule has 94 valence electrons. The molecule has 2 rings (SSSR count). The van der Waals surface area contributed by atoms with Crippen molar-refractivity contribution < 1.29 is 14.3 Å². The van der Waals surface area contributed by atoms with E-state index in [1.165, 1.54) is 0 Å². The van der Waals surface area contributed by atoms with Gasteiger partial charge in [-0.15, -0.1) is 0 Å². The summed E-state index contributed by atoms with van der Waals surface area (Å²) >= 11 is 1.71. The van der Waals surface area contributed by atoms with Crippen molar-refractivity contribution in [2.75, 3.05) is 18.1 Å². The minimum atomic E-state index is -0.753. The van der Waals surface area contributed by atoms with Crippen LogP contribution in [-0.2, 0) is 0 Å². The summed E-state index contributed by atoms with van der Waals surface area (Å²) in [5, 5.41) is 12.8. The Balaban J connectivity index is 1.93. The predicted molar refractivity (Wildman–Crippen MR) is 67.4 cm³/mol. The second kappa shape index (κ2) is 4.74. The lowest BCUT2D eigenvalue weighted by Gasteiger charge is -2.20. The molecule has 5 heteroatoms. The van der Waals surface area contributed by atoms with E-state index in [0.717, 1.165) is 23.5 Å². The lowest BCUT2D eigenvalue weighted by Crippen LogP contribution is -2.42. The number of furan rings is 1. The molecule has 0 bridgehead atoms. The molecule has 0 radical (unpaired) electrons. The van der Waals surface area contributed by atoms with E-state index in [1.807, 2.05) is 13.8 Å². The second-order valence-corrected chi connectivity index (χ2v) is 5.66. The van der Waals surface area contributed by atoms with Crippen molar-refractivity contribution in [1.29, 1.82) is 0 Å². The number of carbonyl (C=O) groups is 1. The minimum Gasteiger partial charge on any atom is -0.456 e. The van der Waals surface area contributed by atoms with Crippen molar-refractivity contribution in [2.45, 2.75) is 25.9 Å². The number of nitrogens with one attached hydrogen (secondary N) is 1. The number of amides is 1. The molecule has 0 aliphatic carbocycles. The molecule has 0 saturated carbocycles. The first kappa shape index (κ1) is 12.5. The molecule has 1 saturated heterocycles. The third-order valence-corrected chi connectivity index (χ3v) is 4.28. The van der Waals surface area contributed by atoms with E-state index in [2.05, 4.69) is 5.32 Å². The van der Waals surface area contributed by atoms with Crippen molar-refractivity contribution in [1.82, 2.24) is 5.32 Å². The molecule has 1 unspecified atom stereocenters. The van der Waals surface area contributed by atoms with Crippen LogP contribution in [0.2, 0.25) is 0 Å². The van der Waals surface area contributed by atoms with Gasteiger partial charge in [0.05, 0.1) is 5.60 Å². The number of hydrogen-bond donors (Lipinski definition) is 2. The molecule has 0 aromatic carbocycles. The van der Waals surface area contributed by atoms with Crippen LogP contribution in [0.3, 0.4) is 0 Å². The third kappa shape index (κ3) is 2.84. The van der Waals surface area contributed by atoms with E-state index in [9.17, 15) is 9.90 Å². The van der Waals surface area contributed by atoms with E-state index in [4.69, 9.17) is 4.42 Å². The van der Waals surface area contributed by atoms with Gasteiger partial charge in [-0.25, -0.2) is 0 Å². The predicted octanol–water partition coefficient (Wildman–Crippen LogP) is 1.49. The molecular formula is C12H17NO3S. The van der Waals surface area contributed by atoms with Gasteiger partial charge >= 0.3 is 0 Å². The summed E-state index contributed by atoms with van der Waals surface area (Å²) in [6.07, 6.45) is 0.730. The summed E-state index contributed by atoms with van der Waals surface area (Å²) in [7, 11) is 0. The first-order valence-electron chi connectivity index (χ1n) is 5.65. The van der Waals surface area contributed by atoms with E-state index in [1.54, 1.807) is 17.8 Å². The molecule has 1 aliphatic heterocycles. The van der Waals surface area contributed by atoms with Gasteiger partial charge in [0.15, 0.2) is 5.76 Å². The normalized spacial score (nSPS) is 23.9. The first-order valence-corrected chi connectivity index (χ1v) is 6.81. The van der Waals surface area contributed by atoms with Gasteiger partial charge < -0.3 is 14.8 Å². The Morgan fingerprint density at radius 3 is 2.94 bits per heavy atom. The van der Waals surface area contributed by atoms with Crippen LogP contribution in [0.15, 0.2) is 10.5 Å². The maximum Gasteiger partial charge on any atom is 0.287 e. The molecule has 1 aromatic heterocycles. The highest BCUT2D eigenvalue weighted by Gasteiger charge is 2.32. The maximum absolute atomic E-state index is 11.8. The van der Waals surface area contributed by atoms with Crippen molar-refractivity contribution in [3.05, 3.63) is 23.2 Å². The van der Waals surface area contributed by atoms with Crippen molar-refractivity contribution in [3.8, 4) is 0 Å². The van der Waals surface area contributed by atoms with Gasteiger partial charge in [0.2, 0.25) is 0 Å². The van der Waals surface area contributed by atoms with E-state index in [0.29, 0.717) is 11.5 Å². The highest BCUT2D eigenvalue weighted by molar-refractivity contribution is 7.99. The Morgan fingerprint density at radius 1 is 1.65 bits per heavy atom. The number of carbonyl (C=O) groups excluding carboxylic acids is 1. The Morgan fingerprint density at radius 2 is 2.41 bits per heavy atom. The first-order chi connectivity index (χ1) is 8.00. The van der Waals surface area contributed by atoms with Gasteiger partial charge in [-0.2, -0.15) is 11.8 Å². The largest absolute Gasteiger partial charge is 0.456 e. The third-order valence-electron chi connectivity index (χ3n) is 3.05. The molecule has 0 spiro atoms. The Kier molecular flexibility index (Phi) is 3.49. The average Bonchev–Trinajstić information content (AvgIpc) is 2.85. The SMILES string of the molecule is Cc1cc(C(=O)NCC2(O)CCSC2)oc1C. The van der Waals surface area contributed by atoms with Gasteiger partial charge in [-0.1, -0.05) is 0 Å². The van der Waals surface area contributed by atoms with Gasteiger partial charge in [-0.3, -0.25) is 4.79 Å². The van der Waals surface area contributed by atoms with E-state index >= 15 is 0 Å². The van der Waals surface area contributed by atoms with Crippen LogP contribution in [0.5, 0.6) is 0 Å². The molecule has 1 fully saturated rings. The van der Waals surface area contributed by atoms with Crippen LogP contribution in [0.25, 0.3) is 0 Å². The zero-order valence-electron chi connectivity index (χ0n) is 10.1. The number of hydrogen-bond acceptors (Lipinski definition) is 4. The van der Waals surface area contributed by atoms with Gasteiger partial charge in [0.25, 0.3) is 5.91 Å². The Bertz CT molecular complexity index is 402. The molecule has 1 amide bonds. The number of aryl methyl sites for hydroxylation is 2. The quantitative estimate of drug-likeness (QED) is 0.859. The lowest BCUT2D eigenvalue weighted by atomic mass is 10.0. The van der Waals surface area contributed by atoms with Gasteiger partial charge in [0, 0.05) is 12.3 Å². The van der Waals surface area contributed by atoms with Gasteiger partial charge in [-0.05, 0) is 37.7 Å². The summed E-state index contributed by atoms with van der Waals surface area (Å²) in [6.45, 7) is 4.02. The van der Waals surface area contributed by atoms with E-state index < -0.39 is 5.60 Å². The molecule has 17 heavy (non-hydrogen) atoms. The topological polar surface area (TPSA) is 62.5 Å². The summed E-state index contributed by atoms with van der Waals surface area (Å²) in [5.74, 6) is 2.44. The van der Waals surface area contributed by atoms with Crippen molar-refractivity contribution in [2.24, 2.45) is 0 Å². The summed E-state index contributed by atoms with van der Waals surface area (Å²) in [5.41, 5.74) is 0.210. The minimum absolute atomic E-state index is 0.258. The number of rotatable bonds is 3. The lowest BCUT2D eigenvalue weighted by molar-refractivity contribution is 0.0602. The van der Waals surface area contributed by atoms with Gasteiger partial charge in [0.1, 0.15) is 5.76 Å². The van der Waals surface area contributed by atoms with Crippen LogP contribution in [0.1, 0.15) is 28.3 Å². The smallest absolute Gasteiger partial charge is 0.287 e. The molecule has 2 N–H and O–H groups in total. The number of aliphatic hydroxyl groups is 1. The van der Waals surface area contributed by atoms with Crippen LogP contribution < -0.4 is 5.32 Å². The fourth-order valence-electron chi connectivity index (χ4n) is 1.75. The summed E-state index contributed by atoms with van der Waals surface area (Å²) < 4.78 is 5.33. The fraction of sp³-hybridized carbons (Fsp3) is 0.583. The number of thioether (sulfide) groups is 1. The van der Waals surface area contributed by atoms with Crippen molar-refractivity contribution >= 4 is 17.7 Å². The molecular weight excluding hydrogens is 238 g/mol. The molecule has 1 atom stereocenters. The molecule has 4 nitrogen and oxygen atoms in total. The van der Waals surface area contributed by atoms with E-state index in [-0.39, 0.29) is 12.5 Å². The highest BCUT2D eigenvalue weighted by atomic mass is 32.2. The Labute approximate surface area is 105 Å². The molecule has 1 aromatic rings. The van der Waals surface area contributed by atoms with Crippen LogP contribution in [0.4, 0.5) is 0 Å². The van der Waals surface area contributed by atoms with Crippen LogP contribution in [-0.4, -0.2) is 34.7 Å². The van der Waals surface area contributed by atoms with Crippen LogP contribution in [0, 0.1) is 13.8 Å². The summed E-state index contributed by atoms with van der Waals surface area (Å²) in [6, 6.07) is 1.72. The standard InChI is InChI=1S/C12H17NO3S/c1-8-5-10(16-9(8)2)11(14)13-6-12(15)3-4-17-7-12/h5,15H,3-4,6-7H2,1-2H3,(H,13,14). The average molecular weight is 255 g/mol. The van der Waals surface area contributed by atoms with Crippen molar-refractivity contribution in [3.63, 3.8) is 0 Å². The molecule has 1 aliphatic rings.